The average molecular weight is 398 g/mol. The van der Waals surface area contributed by atoms with Gasteiger partial charge in [0, 0.05) is 63.5 Å². The van der Waals surface area contributed by atoms with Crippen molar-refractivity contribution in [1.29, 1.82) is 0 Å². The summed E-state index contributed by atoms with van der Waals surface area (Å²) in [6.07, 6.45) is 3.90. The van der Waals surface area contributed by atoms with E-state index < -0.39 is 0 Å². The Kier molecular flexibility index (Phi) is 4.36. The number of rotatable bonds is 4. The molecule has 0 bridgehead atoms. The minimum Gasteiger partial charge on any atom is -0.354 e. The van der Waals surface area contributed by atoms with Crippen LogP contribution in [-0.2, 0) is 0 Å². The van der Waals surface area contributed by atoms with Crippen molar-refractivity contribution in [2.75, 3.05) is 50.0 Å². The molecule has 0 radical (unpaired) electrons. The van der Waals surface area contributed by atoms with Gasteiger partial charge in [-0.3, -0.25) is 5.01 Å². The van der Waals surface area contributed by atoms with E-state index in [0.717, 1.165) is 66.3 Å². The highest BCUT2D eigenvalue weighted by Crippen LogP contribution is 2.30. The quantitative estimate of drug-likeness (QED) is 0.692. The van der Waals surface area contributed by atoms with Crippen molar-refractivity contribution in [2.24, 2.45) is 5.10 Å². The van der Waals surface area contributed by atoms with Crippen LogP contribution in [0, 0.1) is 6.92 Å². The van der Waals surface area contributed by atoms with Gasteiger partial charge >= 0.3 is 0 Å². The molecule has 2 N–H and O–H groups in total. The number of anilines is 3. The Labute approximate surface area is 167 Å². The van der Waals surface area contributed by atoms with Gasteiger partial charge in [-0.25, -0.2) is 4.98 Å². The van der Waals surface area contributed by atoms with Crippen molar-refractivity contribution in [3.8, 4) is 0 Å². The first kappa shape index (κ1) is 17.4. The van der Waals surface area contributed by atoms with Crippen LogP contribution in [-0.4, -0.2) is 70.0 Å². The number of piperazine rings is 1. The fourth-order valence-electron chi connectivity index (χ4n) is 3.67. The minimum atomic E-state index is 0.201. The van der Waals surface area contributed by atoms with E-state index in [-0.39, 0.29) is 5.92 Å². The Bertz CT molecular complexity index is 1020. The zero-order valence-corrected chi connectivity index (χ0v) is 16.8. The average Bonchev–Trinajstić information content (AvgIpc) is 3.42. The van der Waals surface area contributed by atoms with Crippen molar-refractivity contribution in [3.63, 3.8) is 0 Å². The van der Waals surface area contributed by atoms with Crippen molar-refractivity contribution in [2.45, 2.75) is 12.8 Å². The molecule has 3 aromatic rings. The second-order valence-electron chi connectivity index (χ2n) is 7.24. The van der Waals surface area contributed by atoms with Crippen LogP contribution in [0.2, 0.25) is 0 Å². The maximum Gasteiger partial charge on any atom is 0.163 e. The van der Waals surface area contributed by atoms with Crippen LogP contribution in [0.5, 0.6) is 0 Å². The van der Waals surface area contributed by atoms with E-state index in [2.05, 4.69) is 36.2 Å². The van der Waals surface area contributed by atoms with Crippen LogP contribution in [0.4, 0.5) is 16.6 Å². The van der Waals surface area contributed by atoms with E-state index in [0.29, 0.717) is 0 Å². The summed E-state index contributed by atoms with van der Waals surface area (Å²) in [4.78, 5) is 7.33. The van der Waals surface area contributed by atoms with Gasteiger partial charge in [0.05, 0.1) is 11.9 Å². The third-order valence-electron chi connectivity index (χ3n) is 5.11. The monoisotopic (exact) mass is 397 g/mol. The molecular formula is C18H23N9S. The summed E-state index contributed by atoms with van der Waals surface area (Å²) in [6, 6.07) is 4.13. The van der Waals surface area contributed by atoms with Gasteiger partial charge in [-0.05, 0) is 24.5 Å². The Hall–Kier alpha value is -2.72. The number of hydrogen-bond acceptors (Lipinski definition) is 9. The Morgan fingerprint density at radius 1 is 1.25 bits per heavy atom. The summed E-state index contributed by atoms with van der Waals surface area (Å²) < 4.78 is 6.27. The van der Waals surface area contributed by atoms with Crippen LogP contribution in [0.3, 0.4) is 0 Å². The SMILES string of the molecule is Cc1cc(Nc2cc(N3CCNCC3)nc3c(C4C=NN(C)C4)cnn23)sn1. The fraction of sp³-hybridized carbons (Fsp3) is 0.444. The number of fused-ring (bicyclic) bond motifs is 1. The van der Waals surface area contributed by atoms with Crippen LogP contribution < -0.4 is 15.5 Å². The van der Waals surface area contributed by atoms with Crippen molar-refractivity contribution in [3.05, 3.63) is 29.6 Å². The molecule has 0 aromatic carbocycles. The lowest BCUT2D eigenvalue weighted by molar-refractivity contribution is 0.381. The summed E-state index contributed by atoms with van der Waals surface area (Å²) in [6.45, 7) is 6.67. The summed E-state index contributed by atoms with van der Waals surface area (Å²) in [5.41, 5.74) is 2.99. The molecule has 2 aliphatic heterocycles. The second kappa shape index (κ2) is 7.02. The molecule has 5 heterocycles. The van der Waals surface area contributed by atoms with Gasteiger partial charge in [-0.1, -0.05) is 0 Å². The predicted octanol–water partition coefficient (Wildman–Crippen LogP) is 1.66. The summed E-state index contributed by atoms with van der Waals surface area (Å²) in [5, 5.41) is 18.9. The molecule has 2 aliphatic rings. The third-order valence-corrected chi connectivity index (χ3v) is 5.91. The van der Waals surface area contributed by atoms with Gasteiger partial charge in [0.2, 0.25) is 0 Å². The smallest absolute Gasteiger partial charge is 0.163 e. The first-order valence-corrected chi connectivity index (χ1v) is 10.2. The minimum absolute atomic E-state index is 0.201. The first-order chi connectivity index (χ1) is 13.7. The zero-order chi connectivity index (χ0) is 19.1. The van der Waals surface area contributed by atoms with Gasteiger partial charge in [-0.2, -0.15) is 19.1 Å². The number of nitrogens with one attached hydrogen (secondary N) is 2. The lowest BCUT2D eigenvalue weighted by Crippen LogP contribution is -2.44. The molecule has 1 fully saturated rings. The maximum atomic E-state index is 5.00. The van der Waals surface area contributed by atoms with Crippen LogP contribution in [0.1, 0.15) is 17.2 Å². The highest BCUT2D eigenvalue weighted by Gasteiger charge is 2.24. The number of nitrogens with zero attached hydrogens (tertiary/aromatic N) is 7. The first-order valence-electron chi connectivity index (χ1n) is 9.47. The van der Waals surface area contributed by atoms with E-state index in [1.165, 1.54) is 11.5 Å². The van der Waals surface area contributed by atoms with Crippen LogP contribution in [0.25, 0.3) is 5.65 Å². The molecular weight excluding hydrogens is 374 g/mol. The number of hydrazone groups is 1. The molecule has 0 amide bonds. The molecule has 1 unspecified atom stereocenters. The molecule has 28 heavy (non-hydrogen) atoms. The molecule has 1 atom stereocenters. The number of likely N-dealkylation sites (N-methyl/N-ethyl adjacent to an activating group) is 1. The van der Waals surface area contributed by atoms with E-state index in [1.807, 2.05) is 42.0 Å². The molecule has 3 aromatic heterocycles. The highest BCUT2D eigenvalue weighted by molar-refractivity contribution is 7.10. The lowest BCUT2D eigenvalue weighted by Gasteiger charge is -2.29. The predicted molar refractivity (Wildman–Crippen MR) is 112 cm³/mol. The van der Waals surface area contributed by atoms with E-state index in [9.17, 15) is 0 Å². The Morgan fingerprint density at radius 2 is 2.11 bits per heavy atom. The molecule has 5 rings (SSSR count). The Morgan fingerprint density at radius 3 is 2.82 bits per heavy atom. The van der Waals surface area contributed by atoms with Crippen LogP contribution >= 0.6 is 11.5 Å². The Balaban J connectivity index is 1.59. The van der Waals surface area contributed by atoms with E-state index in [4.69, 9.17) is 4.98 Å². The largest absolute Gasteiger partial charge is 0.354 e. The lowest BCUT2D eigenvalue weighted by atomic mass is 10.0. The van der Waals surface area contributed by atoms with Gasteiger partial charge in [-0.15, -0.1) is 0 Å². The number of aryl methyl sites for hydroxylation is 1. The van der Waals surface area contributed by atoms with Gasteiger partial charge in [0.15, 0.2) is 5.65 Å². The molecule has 146 valence electrons. The number of hydrogen-bond donors (Lipinski definition) is 2. The molecule has 9 nitrogen and oxygen atoms in total. The fourth-order valence-corrected chi connectivity index (χ4v) is 4.34. The molecule has 10 heteroatoms. The third kappa shape index (κ3) is 3.18. The molecule has 0 spiro atoms. The topological polar surface area (TPSA) is 86.0 Å². The molecule has 0 aliphatic carbocycles. The normalized spacial score (nSPS) is 19.7. The standard InChI is InChI=1S/C18H23N9S/c1-12-7-17(28-24-12)22-16-8-15(26-5-3-19-4-6-26)23-18-14(10-21-27(16)18)13-9-20-25(2)11-13/h7-10,13,19,22H,3-6,11H2,1-2H3. The van der Waals surface area contributed by atoms with Crippen molar-refractivity contribution < 1.29 is 0 Å². The number of aromatic nitrogens is 4. The molecule has 0 saturated carbocycles. The summed E-state index contributed by atoms with van der Waals surface area (Å²) in [7, 11) is 1.99. The van der Waals surface area contributed by atoms with Crippen LogP contribution in [0.15, 0.2) is 23.4 Å². The highest BCUT2D eigenvalue weighted by atomic mass is 32.1. The maximum absolute atomic E-state index is 5.00. The van der Waals surface area contributed by atoms with Gasteiger partial charge < -0.3 is 15.5 Å². The van der Waals surface area contributed by atoms with E-state index in [1.54, 1.807) is 0 Å². The summed E-state index contributed by atoms with van der Waals surface area (Å²) in [5.74, 6) is 2.08. The van der Waals surface area contributed by atoms with Gasteiger partial charge in [0.1, 0.15) is 16.6 Å². The summed E-state index contributed by atoms with van der Waals surface area (Å²) >= 11 is 1.45. The van der Waals surface area contributed by atoms with Crippen molar-refractivity contribution in [1.82, 2.24) is 29.3 Å². The van der Waals surface area contributed by atoms with Crippen molar-refractivity contribution >= 4 is 40.0 Å². The second-order valence-corrected chi connectivity index (χ2v) is 8.05. The van der Waals surface area contributed by atoms with Gasteiger partial charge in [0.25, 0.3) is 0 Å². The van der Waals surface area contributed by atoms with E-state index >= 15 is 0 Å². The molecule has 1 saturated heterocycles. The zero-order valence-electron chi connectivity index (χ0n) is 16.0.